The molecule has 0 aliphatic heterocycles. The van der Waals surface area contributed by atoms with E-state index in [0.717, 1.165) is 23.7 Å². The maximum atomic E-state index is 11.7. The summed E-state index contributed by atoms with van der Waals surface area (Å²) < 4.78 is 0.919. The van der Waals surface area contributed by atoms with Gasteiger partial charge in [-0.25, -0.2) is 0 Å². The van der Waals surface area contributed by atoms with E-state index in [1.54, 1.807) is 6.07 Å². The number of alkyl halides is 1. The summed E-state index contributed by atoms with van der Waals surface area (Å²) >= 11 is 8.90. The molecule has 1 aromatic rings. The molecule has 4 heteroatoms. The first-order valence-corrected chi connectivity index (χ1v) is 6.66. The molecule has 0 aliphatic carbocycles. The fraction of sp³-hybridized carbons (Fsp3) is 0.417. The lowest BCUT2D eigenvalue weighted by molar-refractivity contribution is 0.0953. The second-order valence-electron chi connectivity index (χ2n) is 3.52. The molecule has 16 heavy (non-hydrogen) atoms. The molecule has 0 heterocycles. The van der Waals surface area contributed by atoms with E-state index in [4.69, 9.17) is 11.6 Å². The van der Waals surface area contributed by atoms with Gasteiger partial charge in [0.2, 0.25) is 0 Å². The predicted molar refractivity (Wildman–Crippen MR) is 71.0 cm³/mol. The topological polar surface area (TPSA) is 29.1 Å². The van der Waals surface area contributed by atoms with Crippen LogP contribution in [0.5, 0.6) is 0 Å². The number of rotatable bonds is 6. The van der Waals surface area contributed by atoms with Crippen molar-refractivity contribution < 1.29 is 4.79 Å². The maximum absolute atomic E-state index is 11.7. The number of carbonyl (C=O) groups is 1. The third-order valence-corrected chi connectivity index (χ3v) is 2.94. The Labute approximate surface area is 110 Å². The molecule has 1 amide bonds. The average Bonchev–Trinajstić information content (AvgIpc) is 2.28. The molecule has 0 saturated heterocycles. The van der Waals surface area contributed by atoms with Gasteiger partial charge in [-0.1, -0.05) is 28.4 Å². The van der Waals surface area contributed by atoms with Gasteiger partial charge >= 0.3 is 0 Å². The zero-order chi connectivity index (χ0) is 11.8. The first kappa shape index (κ1) is 13.5. The van der Waals surface area contributed by atoms with E-state index >= 15 is 0 Å². The Bertz CT molecular complexity index is 344. The highest BCUT2D eigenvalue weighted by atomic mass is 79.9. The zero-order valence-electron chi connectivity index (χ0n) is 9.01. The van der Waals surface area contributed by atoms with Crippen LogP contribution in [0.4, 0.5) is 0 Å². The summed E-state index contributed by atoms with van der Waals surface area (Å²) in [6, 6.07) is 7.37. The van der Waals surface area contributed by atoms with Crippen LogP contribution in [0.15, 0.2) is 28.7 Å². The molecule has 0 unspecified atom stereocenters. The molecular formula is C12H15BrClNO. The van der Waals surface area contributed by atoms with Crippen LogP contribution in [-0.4, -0.2) is 18.3 Å². The Kier molecular flexibility index (Phi) is 6.50. The number of hydrogen-bond acceptors (Lipinski definition) is 1. The summed E-state index contributed by atoms with van der Waals surface area (Å²) in [6.07, 6.45) is 3.04. The maximum Gasteiger partial charge on any atom is 0.251 e. The van der Waals surface area contributed by atoms with Gasteiger partial charge in [-0.3, -0.25) is 4.79 Å². The first-order valence-electron chi connectivity index (χ1n) is 5.34. The van der Waals surface area contributed by atoms with Crippen molar-refractivity contribution in [3.05, 3.63) is 34.3 Å². The molecule has 0 spiro atoms. The van der Waals surface area contributed by atoms with Gasteiger partial charge in [-0.05, 0) is 31.0 Å². The number of halogens is 2. The normalized spacial score (nSPS) is 10.1. The molecule has 0 aromatic heterocycles. The minimum atomic E-state index is -0.0211. The second-order valence-corrected chi connectivity index (χ2v) is 4.81. The predicted octanol–water partition coefficient (Wildman–Crippen LogP) is 3.59. The van der Waals surface area contributed by atoms with Crippen LogP contribution < -0.4 is 5.32 Å². The molecular weight excluding hydrogens is 289 g/mol. The largest absolute Gasteiger partial charge is 0.352 e. The number of hydrogen-bond donors (Lipinski definition) is 1. The van der Waals surface area contributed by atoms with Crippen LogP contribution in [0.2, 0.25) is 0 Å². The van der Waals surface area contributed by atoms with E-state index in [0.29, 0.717) is 18.0 Å². The Hall–Kier alpha value is -0.540. The number of carbonyl (C=O) groups excluding carboxylic acids is 1. The minimum absolute atomic E-state index is 0.0211. The van der Waals surface area contributed by atoms with Gasteiger partial charge in [0, 0.05) is 22.5 Å². The van der Waals surface area contributed by atoms with Gasteiger partial charge in [0.15, 0.2) is 0 Å². The molecule has 0 saturated carbocycles. The quantitative estimate of drug-likeness (QED) is 0.631. The molecule has 0 radical (unpaired) electrons. The zero-order valence-corrected chi connectivity index (χ0v) is 11.4. The second kappa shape index (κ2) is 7.69. The SMILES string of the molecule is O=C(NCCCCCCl)c1cccc(Br)c1. The summed E-state index contributed by atoms with van der Waals surface area (Å²) in [6.45, 7) is 0.711. The highest BCUT2D eigenvalue weighted by Crippen LogP contribution is 2.11. The molecule has 0 bridgehead atoms. The van der Waals surface area contributed by atoms with Crippen LogP contribution in [0.1, 0.15) is 29.6 Å². The van der Waals surface area contributed by atoms with Crippen LogP contribution in [-0.2, 0) is 0 Å². The van der Waals surface area contributed by atoms with Crippen molar-refractivity contribution in [2.75, 3.05) is 12.4 Å². The van der Waals surface area contributed by atoms with E-state index < -0.39 is 0 Å². The Balaban J connectivity index is 2.30. The lowest BCUT2D eigenvalue weighted by atomic mass is 10.2. The lowest BCUT2D eigenvalue weighted by Gasteiger charge is -2.04. The Morgan fingerprint density at radius 3 is 2.81 bits per heavy atom. The van der Waals surface area contributed by atoms with Crippen LogP contribution in [0, 0.1) is 0 Å². The van der Waals surface area contributed by atoms with Crippen LogP contribution in [0.25, 0.3) is 0 Å². The highest BCUT2D eigenvalue weighted by Gasteiger charge is 2.04. The molecule has 1 rings (SSSR count). The Morgan fingerprint density at radius 1 is 1.31 bits per heavy atom. The third-order valence-electron chi connectivity index (χ3n) is 2.18. The summed E-state index contributed by atoms with van der Waals surface area (Å²) in [7, 11) is 0. The summed E-state index contributed by atoms with van der Waals surface area (Å²) in [4.78, 5) is 11.7. The van der Waals surface area contributed by atoms with Gasteiger partial charge < -0.3 is 5.32 Å². The van der Waals surface area contributed by atoms with Crippen molar-refractivity contribution in [2.24, 2.45) is 0 Å². The Morgan fingerprint density at radius 2 is 2.12 bits per heavy atom. The van der Waals surface area contributed by atoms with E-state index in [2.05, 4.69) is 21.2 Å². The molecule has 1 N–H and O–H groups in total. The number of unbranched alkanes of at least 4 members (excludes halogenated alkanes) is 2. The monoisotopic (exact) mass is 303 g/mol. The van der Waals surface area contributed by atoms with Crippen molar-refractivity contribution in [2.45, 2.75) is 19.3 Å². The molecule has 1 aromatic carbocycles. The average molecular weight is 305 g/mol. The summed E-state index contributed by atoms with van der Waals surface area (Å²) in [5.74, 6) is 0.673. The van der Waals surface area contributed by atoms with Gasteiger partial charge in [0.1, 0.15) is 0 Å². The van der Waals surface area contributed by atoms with Gasteiger partial charge in [0.25, 0.3) is 5.91 Å². The van der Waals surface area contributed by atoms with E-state index in [1.807, 2.05) is 18.2 Å². The number of nitrogens with one attached hydrogen (secondary N) is 1. The van der Waals surface area contributed by atoms with Crippen LogP contribution in [0.3, 0.4) is 0 Å². The third kappa shape index (κ3) is 4.99. The van der Waals surface area contributed by atoms with E-state index in [1.165, 1.54) is 0 Å². The summed E-state index contributed by atoms with van der Waals surface area (Å²) in [5.41, 5.74) is 0.687. The fourth-order valence-electron chi connectivity index (χ4n) is 1.33. The number of benzene rings is 1. The molecule has 0 atom stereocenters. The van der Waals surface area contributed by atoms with Crippen molar-refractivity contribution >= 4 is 33.4 Å². The number of amides is 1. The fourth-order valence-corrected chi connectivity index (χ4v) is 1.92. The molecule has 0 fully saturated rings. The van der Waals surface area contributed by atoms with Gasteiger partial charge in [-0.2, -0.15) is 0 Å². The van der Waals surface area contributed by atoms with E-state index in [-0.39, 0.29) is 5.91 Å². The van der Waals surface area contributed by atoms with Crippen LogP contribution >= 0.6 is 27.5 Å². The molecule has 88 valence electrons. The van der Waals surface area contributed by atoms with Crippen molar-refractivity contribution in [1.82, 2.24) is 5.32 Å². The van der Waals surface area contributed by atoms with Gasteiger partial charge in [0.05, 0.1) is 0 Å². The lowest BCUT2D eigenvalue weighted by Crippen LogP contribution is -2.24. The van der Waals surface area contributed by atoms with Crippen molar-refractivity contribution in [1.29, 1.82) is 0 Å². The van der Waals surface area contributed by atoms with E-state index in [9.17, 15) is 4.79 Å². The molecule has 0 aliphatic rings. The minimum Gasteiger partial charge on any atom is -0.352 e. The van der Waals surface area contributed by atoms with Crippen molar-refractivity contribution in [3.8, 4) is 0 Å². The standard InChI is InChI=1S/C12H15BrClNO/c13-11-6-4-5-10(9-11)12(16)15-8-3-1-2-7-14/h4-6,9H,1-3,7-8H2,(H,15,16). The van der Waals surface area contributed by atoms with Crippen molar-refractivity contribution in [3.63, 3.8) is 0 Å². The highest BCUT2D eigenvalue weighted by molar-refractivity contribution is 9.10. The first-order chi connectivity index (χ1) is 7.74. The summed E-state index contributed by atoms with van der Waals surface area (Å²) in [5, 5.41) is 2.88. The molecule has 2 nitrogen and oxygen atoms in total. The smallest absolute Gasteiger partial charge is 0.251 e. The van der Waals surface area contributed by atoms with Gasteiger partial charge in [-0.15, -0.1) is 11.6 Å².